The Labute approximate surface area is 173 Å². The van der Waals surface area contributed by atoms with Crippen molar-refractivity contribution in [3.05, 3.63) is 29.8 Å². The number of piperidine rings is 1. The van der Waals surface area contributed by atoms with Crippen LogP contribution in [0.1, 0.15) is 43.0 Å². The molecular formula is C19H29N3O5S2. The number of rotatable bonds is 5. The van der Waals surface area contributed by atoms with Crippen molar-refractivity contribution in [3.8, 4) is 0 Å². The van der Waals surface area contributed by atoms with Gasteiger partial charge in [0.25, 0.3) is 5.91 Å². The van der Waals surface area contributed by atoms with E-state index in [1.807, 2.05) is 6.92 Å². The number of carbonyl (C=O) groups excluding carboxylic acids is 1. The fourth-order valence-corrected chi connectivity index (χ4v) is 7.50. The van der Waals surface area contributed by atoms with Crippen LogP contribution in [-0.4, -0.2) is 81.3 Å². The van der Waals surface area contributed by atoms with Crippen LogP contribution in [0.4, 0.5) is 0 Å². The Bertz CT molecular complexity index is 958. The van der Waals surface area contributed by atoms with Gasteiger partial charge in [0.05, 0.1) is 22.4 Å². The molecule has 0 radical (unpaired) electrons. The van der Waals surface area contributed by atoms with Crippen LogP contribution in [0.2, 0.25) is 0 Å². The summed E-state index contributed by atoms with van der Waals surface area (Å²) in [5, 5.41) is 3.04. The van der Waals surface area contributed by atoms with Gasteiger partial charge in [-0.2, -0.15) is 4.31 Å². The van der Waals surface area contributed by atoms with E-state index < -0.39 is 25.9 Å². The molecule has 1 amide bonds. The summed E-state index contributed by atoms with van der Waals surface area (Å²) in [6.07, 6.45) is 3.11. The molecule has 0 unspecified atom stereocenters. The van der Waals surface area contributed by atoms with Crippen LogP contribution in [0.3, 0.4) is 0 Å². The lowest BCUT2D eigenvalue weighted by atomic mass is 10.1. The highest BCUT2D eigenvalue weighted by molar-refractivity contribution is 7.91. The Morgan fingerprint density at radius 1 is 1.10 bits per heavy atom. The summed E-state index contributed by atoms with van der Waals surface area (Å²) in [4.78, 5) is 13.2. The monoisotopic (exact) mass is 443 g/mol. The molecule has 2 saturated heterocycles. The largest absolute Gasteiger partial charge is 0.268 e. The van der Waals surface area contributed by atoms with Gasteiger partial charge in [-0.15, -0.1) is 0 Å². The molecule has 2 heterocycles. The predicted octanol–water partition coefficient (Wildman–Crippen LogP) is 1.36. The first-order valence-electron chi connectivity index (χ1n) is 9.86. The van der Waals surface area contributed by atoms with E-state index in [4.69, 9.17) is 0 Å². The van der Waals surface area contributed by atoms with Gasteiger partial charge in [-0.05, 0) is 50.5 Å². The molecule has 29 heavy (non-hydrogen) atoms. The van der Waals surface area contributed by atoms with Crippen molar-refractivity contribution >= 4 is 25.8 Å². The quantitative estimate of drug-likeness (QED) is 0.638. The summed E-state index contributed by atoms with van der Waals surface area (Å²) in [6, 6.07) is 5.48. The molecule has 0 aromatic heterocycles. The fourth-order valence-electron chi connectivity index (χ4n) is 4.11. The molecule has 2 fully saturated rings. The van der Waals surface area contributed by atoms with Crippen LogP contribution in [-0.2, 0) is 19.9 Å². The maximum absolute atomic E-state index is 13.0. The number of hydrogen-bond donors (Lipinski definition) is 0. The number of sulfone groups is 1. The van der Waals surface area contributed by atoms with Crippen molar-refractivity contribution < 1.29 is 21.6 Å². The predicted molar refractivity (Wildman–Crippen MR) is 111 cm³/mol. The SMILES string of the molecule is C[C@@H]1CCCCN1S(=O)(=O)c1ccc(C(=O)N([C@H]2CCS(=O)(=O)C2)N(C)C)cc1. The minimum atomic E-state index is -3.60. The molecular weight excluding hydrogens is 414 g/mol. The Morgan fingerprint density at radius 2 is 1.76 bits per heavy atom. The third kappa shape index (κ3) is 4.65. The smallest absolute Gasteiger partial charge is 0.268 e. The minimum Gasteiger partial charge on any atom is -0.268 e. The van der Waals surface area contributed by atoms with Crippen molar-refractivity contribution in [2.45, 2.75) is 49.6 Å². The highest BCUT2D eigenvalue weighted by Crippen LogP contribution is 2.26. The number of benzene rings is 1. The first-order chi connectivity index (χ1) is 13.5. The molecule has 10 heteroatoms. The molecule has 8 nitrogen and oxygen atoms in total. The molecule has 162 valence electrons. The lowest BCUT2D eigenvalue weighted by molar-refractivity contribution is 0.00100. The average molecular weight is 444 g/mol. The molecule has 1 aromatic carbocycles. The topological polar surface area (TPSA) is 95.1 Å². The zero-order chi connectivity index (χ0) is 21.4. The molecule has 0 aliphatic carbocycles. The van der Waals surface area contributed by atoms with Gasteiger partial charge in [0.15, 0.2) is 9.84 Å². The minimum absolute atomic E-state index is 0.0383. The zero-order valence-corrected chi connectivity index (χ0v) is 18.7. The summed E-state index contributed by atoms with van der Waals surface area (Å²) < 4.78 is 51.1. The number of hydrazine groups is 1. The maximum atomic E-state index is 13.0. The second kappa shape index (κ2) is 8.33. The number of hydrogen-bond acceptors (Lipinski definition) is 6. The van der Waals surface area contributed by atoms with E-state index in [9.17, 15) is 21.6 Å². The first kappa shape index (κ1) is 22.2. The van der Waals surface area contributed by atoms with Crippen LogP contribution in [0, 0.1) is 0 Å². The van der Waals surface area contributed by atoms with E-state index in [2.05, 4.69) is 0 Å². The molecule has 3 rings (SSSR count). The van der Waals surface area contributed by atoms with Crippen molar-refractivity contribution in [1.29, 1.82) is 0 Å². The second-order valence-corrected chi connectivity index (χ2v) is 12.2. The lowest BCUT2D eigenvalue weighted by Gasteiger charge is -2.34. The van der Waals surface area contributed by atoms with Crippen LogP contribution in [0.25, 0.3) is 0 Å². The van der Waals surface area contributed by atoms with Gasteiger partial charge < -0.3 is 0 Å². The molecule has 0 bridgehead atoms. The van der Waals surface area contributed by atoms with E-state index in [0.717, 1.165) is 19.3 Å². The third-order valence-electron chi connectivity index (χ3n) is 5.64. The lowest BCUT2D eigenvalue weighted by Crippen LogP contribution is -2.49. The van der Waals surface area contributed by atoms with Crippen molar-refractivity contribution in [3.63, 3.8) is 0 Å². The Hall–Kier alpha value is -1.49. The molecule has 0 spiro atoms. The van der Waals surface area contributed by atoms with Gasteiger partial charge >= 0.3 is 0 Å². The van der Waals surface area contributed by atoms with Crippen molar-refractivity contribution in [2.24, 2.45) is 0 Å². The van der Waals surface area contributed by atoms with Gasteiger partial charge in [0.1, 0.15) is 0 Å². The Morgan fingerprint density at radius 3 is 2.28 bits per heavy atom. The highest BCUT2D eigenvalue weighted by Gasteiger charge is 2.37. The second-order valence-electron chi connectivity index (χ2n) is 8.04. The number of amides is 1. The van der Waals surface area contributed by atoms with E-state index in [1.165, 1.54) is 33.6 Å². The molecule has 0 N–H and O–H groups in total. The zero-order valence-electron chi connectivity index (χ0n) is 17.1. The molecule has 1 aromatic rings. The third-order valence-corrected chi connectivity index (χ3v) is 9.42. The first-order valence-corrected chi connectivity index (χ1v) is 13.1. The van der Waals surface area contributed by atoms with Gasteiger partial charge in [0, 0.05) is 32.2 Å². The van der Waals surface area contributed by atoms with Crippen LogP contribution in [0.5, 0.6) is 0 Å². The molecule has 0 saturated carbocycles. The number of carbonyl (C=O) groups is 1. The van der Waals surface area contributed by atoms with E-state index >= 15 is 0 Å². The van der Waals surface area contributed by atoms with Crippen LogP contribution >= 0.6 is 0 Å². The van der Waals surface area contributed by atoms with Crippen molar-refractivity contribution in [1.82, 2.24) is 14.3 Å². The van der Waals surface area contributed by atoms with Crippen molar-refractivity contribution in [2.75, 3.05) is 32.1 Å². The standard InChI is InChI=1S/C19H29N3O5S2/c1-15-6-4-5-12-21(15)29(26,27)18-9-7-16(8-10-18)19(23)22(20(2)3)17-11-13-28(24,25)14-17/h7-10,15,17H,4-6,11-14H2,1-3H3/t15-,17+/m1/s1. The molecule has 2 aliphatic heterocycles. The summed E-state index contributed by atoms with van der Waals surface area (Å²) in [7, 11) is -3.35. The van der Waals surface area contributed by atoms with Gasteiger partial charge in [-0.25, -0.2) is 21.8 Å². The van der Waals surface area contributed by atoms with E-state index in [-0.39, 0.29) is 28.4 Å². The summed E-state index contributed by atoms with van der Waals surface area (Å²) >= 11 is 0. The number of sulfonamides is 1. The highest BCUT2D eigenvalue weighted by atomic mass is 32.2. The van der Waals surface area contributed by atoms with Gasteiger partial charge in [0.2, 0.25) is 10.0 Å². The fraction of sp³-hybridized carbons (Fsp3) is 0.632. The average Bonchev–Trinajstić information content (AvgIpc) is 3.01. The summed E-state index contributed by atoms with van der Waals surface area (Å²) in [6.45, 7) is 2.42. The van der Waals surface area contributed by atoms with Gasteiger partial charge in [-0.3, -0.25) is 9.80 Å². The maximum Gasteiger partial charge on any atom is 0.268 e. The summed E-state index contributed by atoms with van der Waals surface area (Å²) in [5.41, 5.74) is 0.327. The molecule has 2 aliphatic rings. The number of nitrogens with zero attached hydrogens (tertiary/aromatic N) is 3. The normalized spacial score (nSPS) is 25.2. The van der Waals surface area contributed by atoms with Crippen LogP contribution in [0.15, 0.2) is 29.2 Å². The van der Waals surface area contributed by atoms with E-state index in [0.29, 0.717) is 18.5 Å². The van der Waals surface area contributed by atoms with Crippen LogP contribution < -0.4 is 0 Å². The van der Waals surface area contributed by atoms with Gasteiger partial charge in [-0.1, -0.05) is 6.42 Å². The molecule has 2 atom stereocenters. The Kier molecular flexibility index (Phi) is 6.38. The summed E-state index contributed by atoms with van der Waals surface area (Å²) in [5.74, 6) is -0.330. The Balaban J connectivity index is 1.82. The van der Waals surface area contributed by atoms with E-state index in [1.54, 1.807) is 19.1 Å².